The second-order valence-electron chi connectivity index (χ2n) is 2.66. The molecule has 1 aliphatic carbocycles. The molecule has 0 bridgehead atoms. The molecule has 0 spiro atoms. The summed E-state index contributed by atoms with van der Waals surface area (Å²) in [6.07, 6.45) is 5.99. The predicted octanol–water partition coefficient (Wildman–Crippen LogP) is 0.797. The van der Waals surface area contributed by atoms with Gasteiger partial charge in [-0.05, 0) is 18.9 Å². The van der Waals surface area contributed by atoms with Crippen molar-refractivity contribution in [3.05, 3.63) is 23.8 Å². The van der Waals surface area contributed by atoms with Crippen LogP contribution in [-0.4, -0.2) is 24.3 Å². The maximum absolute atomic E-state index is 11.0. The summed E-state index contributed by atoms with van der Waals surface area (Å²) in [4.78, 5) is 11.0. The molecule has 3 heteroatoms. The van der Waals surface area contributed by atoms with Crippen LogP contribution in [0.1, 0.15) is 12.8 Å². The van der Waals surface area contributed by atoms with Crippen LogP contribution in [0.4, 0.5) is 0 Å². The van der Waals surface area contributed by atoms with Crippen LogP contribution in [0.25, 0.3) is 0 Å². The normalized spacial score (nSPS) is 22.8. The molecule has 0 aromatic heterocycles. The van der Waals surface area contributed by atoms with Gasteiger partial charge in [0.05, 0.1) is 18.8 Å². The van der Waals surface area contributed by atoms with Crippen molar-refractivity contribution in [1.29, 1.82) is 0 Å². The number of allylic oxidation sites excluding steroid dienone is 1. The lowest BCUT2D eigenvalue weighted by atomic mass is 10.2. The zero-order valence-electron chi connectivity index (χ0n) is 6.99. The van der Waals surface area contributed by atoms with Gasteiger partial charge in [-0.1, -0.05) is 12.2 Å². The summed E-state index contributed by atoms with van der Waals surface area (Å²) in [5, 5.41) is 9.28. The SMILES string of the molecule is COC(=O)C1=CC(O)CCC=C1. The predicted molar refractivity (Wildman–Crippen MR) is 44.5 cm³/mol. The van der Waals surface area contributed by atoms with E-state index in [2.05, 4.69) is 4.74 Å². The molecule has 1 atom stereocenters. The molecule has 0 aliphatic heterocycles. The fourth-order valence-electron chi connectivity index (χ4n) is 1.08. The van der Waals surface area contributed by atoms with Gasteiger partial charge in [-0.3, -0.25) is 0 Å². The van der Waals surface area contributed by atoms with Crippen molar-refractivity contribution >= 4 is 5.97 Å². The minimum Gasteiger partial charge on any atom is -0.465 e. The van der Waals surface area contributed by atoms with Crippen LogP contribution in [0.5, 0.6) is 0 Å². The summed E-state index contributed by atoms with van der Waals surface area (Å²) >= 11 is 0. The molecular weight excluding hydrogens is 156 g/mol. The van der Waals surface area contributed by atoms with Gasteiger partial charge in [0, 0.05) is 0 Å². The first-order chi connectivity index (χ1) is 5.74. The number of aliphatic hydroxyl groups is 1. The van der Waals surface area contributed by atoms with Crippen LogP contribution in [0.15, 0.2) is 23.8 Å². The van der Waals surface area contributed by atoms with E-state index < -0.39 is 12.1 Å². The van der Waals surface area contributed by atoms with E-state index in [0.29, 0.717) is 12.0 Å². The van der Waals surface area contributed by atoms with Crippen LogP contribution >= 0.6 is 0 Å². The fraction of sp³-hybridized carbons (Fsp3) is 0.444. The van der Waals surface area contributed by atoms with Gasteiger partial charge < -0.3 is 9.84 Å². The van der Waals surface area contributed by atoms with Crippen LogP contribution in [0.2, 0.25) is 0 Å². The van der Waals surface area contributed by atoms with Crippen molar-refractivity contribution in [3.63, 3.8) is 0 Å². The highest BCUT2D eigenvalue weighted by Crippen LogP contribution is 2.11. The lowest BCUT2D eigenvalue weighted by molar-refractivity contribution is -0.135. The quantitative estimate of drug-likeness (QED) is 0.589. The molecule has 66 valence electrons. The lowest BCUT2D eigenvalue weighted by Crippen LogP contribution is -2.07. The highest BCUT2D eigenvalue weighted by molar-refractivity contribution is 5.91. The molecule has 0 aromatic rings. The first-order valence-electron chi connectivity index (χ1n) is 3.89. The number of carbonyl (C=O) groups is 1. The second-order valence-corrected chi connectivity index (χ2v) is 2.66. The van der Waals surface area contributed by atoms with Crippen molar-refractivity contribution < 1.29 is 14.6 Å². The Morgan fingerprint density at radius 3 is 3.17 bits per heavy atom. The van der Waals surface area contributed by atoms with E-state index in [1.165, 1.54) is 13.2 Å². The molecule has 1 N–H and O–H groups in total. The summed E-state index contributed by atoms with van der Waals surface area (Å²) in [6, 6.07) is 0. The highest BCUT2D eigenvalue weighted by atomic mass is 16.5. The molecule has 0 aromatic carbocycles. The number of hydrogen-bond acceptors (Lipinski definition) is 3. The van der Waals surface area contributed by atoms with Crippen molar-refractivity contribution in [2.45, 2.75) is 18.9 Å². The number of methoxy groups -OCH3 is 1. The summed E-state index contributed by atoms with van der Waals surface area (Å²) in [6.45, 7) is 0. The fourth-order valence-corrected chi connectivity index (χ4v) is 1.08. The van der Waals surface area contributed by atoms with E-state index in [1.807, 2.05) is 6.08 Å². The van der Waals surface area contributed by atoms with Crippen LogP contribution in [-0.2, 0) is 9.53 Å². The van der Waals surface area contributed by atoms with Crippen LogP contribution in [0.3, 0.4) is 0 Å². The minimum absolute atomic E-state index is 0.396. The van der Waals surface area contributed by atoms with Gasteiger partial charge >= 0.3 is 5.97 Å². The third-order valence-corrected chi connectivity index (χ3v) is 1.72. The van der Waals surface area contributed by atoms with Gasteiger partial charge in [-0.15, -0.1) is 0 Å². The van der Waals surface area contributed by atoms with Crippen LogP contribution in [0, 0.1) is 0 Å². The van der Waals surface area contributed by atoms with E-state index in [0.717, 1.165) is 6.42 Å². The molecule has 1 rings (SSSR count). The van der Waals surface area contributed by atoms with Crippen molar-refractivity contribution in [1.82, 2.24) is 0 Å². The zero-order chi connectivity index (χ0) is 8.97. The molecular formula is C9H12O3. The summed E-state index contributed by atoms with van der Waals surface area (Å²) < 4.78 is 4.52. The summed E-state index contributed by atoms with van der Waals surface area (Å²) in [5.41, 5.74) is 0.433. The maximum Gasteiger partial charge on any atom is 0.337 e. The Balaban J connectivity index is 2.77. The number of esters is 1. The van der Waals surface area contributed by atoms with E-state index in [-0.39, 0.29) is 0 Å². The zero-order valence-corrected chi connectivity index (χ0v) is 6.99. The number of rotatable bonds is 1. The lowest BCUT2D eigenvalue weighted by Gasteiger charge is -2.01. The van der Waals surface area contributed by atoms with Crippen molar-refractivity contribution in [2.75, 3.05) is 7.11 Å². The van der Waals surface area contributed by atoms with E-state index in [1.54, 1.807) is 6.08 Å². The number of hydrogen-bond donors (Lipinski definition) is 1. The van der Waals surface area contributed by atoms with E-state index in [4.69, 9.17) is 0 Å². The van der Waals surface area contributed by atoms with Crippen LogP contribution < -0.4 is 0 Å². The molecule has 1 aliphatic rings. The topological polar surface area (TPSA) is 46.5 Å². The Labute approximate surface area is 71.3 Å². The second kappa shape index (κ2) is 4.07. The Bertz CT molecular complexity index is 228. The van der Waals surface area contributed by atoms with Crippen molar-refractivity contribution in [3.8, 4) is 0 Å². The van der Waals surface area contributed by atoms with Gasteiger partial charge in [-0.2, -0.15) is 0 Å². The number of aliphatic hydroxyl groups excluding tert-OH is 1. The standard InChI is InChI=1S/C9H12O3/c1-12-9(11)7-4-2-3-5-8(10)6-7/h2,4,6,8,10H,3,5H2,1H3. The Morgan fingerprint density at radius 1 is 1.75 bits per heavy atom. The van der Waals surface area contributed by atoms with Gasteiger partial charge in [-0.25, -0.2) is 4.79 Å². The van der Waals surface area contributed by atoms with E-state index in [9.17, 15) is 9.90 Å². The third-order valence-electron chi connectivity index (χ3n) is 1.72. The molecule has 1 unspecified atom stereocenters. The van der Waals surface area contributed by atoms with Gasteiger partial charge in [0.25, 0.3) is 0 Å². The number of ether oxygens (including phenoxy) is 1. The molecule has 3 nitrogen and oxygen atoms in total. The molecule has 0 fully saturated rings. The highest BCUT2D eigenvalue weighted by Gasteiger charge is 2.11. The van der Waals surface area contributed by atoms with E-state index >= 15 is 0 Å². The molecule has 0 radical (unpaired) electrons. The molecule has 12 heavy (non-hydrogen) atoms. The average molecular weight is 168 g/mol. The third kappa shape index (κ3) is 2.20. The molecule has 0 saturated heterocycles. The molecule has 0 saturated carbocycles. The average Bonchev–Trinajstić information content (AvgIpc) is 2.28. The number of carbonyl (C=O) groups excluding carboxylic acids is 1. The molecule has 0 amide bonds. The van der Waals surface area contributed by atoms with Gasteiger partial charge in [0.1, 0.15) is 0 Å². The smallest absolute Gasteiger partial charge is 0.337 e. The minimum atomic E-state index is -0.533. The van der Waals surface area contributed by atoms with Gasteiger partial charge in [0.15, 0.2) is 0 Å². The maximum atomic E-state index is 11.0. The first kappa shape index (κ1) is 9.00. The first-order valence-corrected chi connectivity index (χ1v) is 3.89. The Kier molecular flexibility index (Phi) is 3.05. The Hall–Kier alpha value is -1.09. The summed E-state index contributed by atoms with van der Waals surface area (Å²) in [5.74, 6) is -0.396. The molecule has 0 heterocycles. The van der Waals surface area contributed by atoms with Gasteiger partial charge in [0.2, 0.25) is 0 Å². The van der Waals surface area contributed by atoms with Crippen molar-refractivity contribution in [2.24, 2.45) is 0 Å². The Morgan fingerprint density at radius 2 is 2.50 bits per heavy atom. The largest absolute Gasteiger partial charge is 0.465 e. The monoisotopic (exact) mass is 168 g/mol. The summed E-state index contributed by atoms with van der Waals surface area (Å²) in [7, 11) is 1.33.